The van der Waals surface area contributed by atoms with Crippen LogP contribution >= 0.6 is 15.9 Å². The Morgan fingerprint density at radius 2 is 2.04 bits per heavy atom. The maximum atomic E-state index is 13.8. The van der Waals surface area contributed by atoms with Gasteiger partial charge >= 0.3 is 0 Å². The molecule has 0 amide bonds. The first-order valence-corrected chi connectivity index (χ1v) is 8.65. The Balaban J connectivity index is 1.94. The van der Waals surface area contributed by atoms with Crippen molar-refractivity contribution in [2.45, 2.75) is 24.8 Å². The van der Waals surface area contributed by atoms with Crippen LogP contribution in [0.15, 0.2) is 65.7 Å². The number of nitriles is 1. The van der Waals surface area contributed by atoms with E-state index in [-0.39, 0.29) is 5.82 Å². The average molecular weight is 399 g/mol. The van der Waals surface area contributed by atoms with Crippen molar-refractivity contribution in [2.24, 2.45) is 0 Å². The lowest BCUT2D eigenvalue weighted by molar-refractivity contribution is 0.400. The van der Waals surface area contributed by atoms with Crippen LogP contribution in [-0.2, 0) is 18.4 Å². The fraction of sp³-hybridized carbons (Fsp3) is 0.211. The zero-order valence-electron chi connectivity index (χ0n) is 13.4. The summed E-state index contributed by atoms with van der Waals surface area (Å²) in [6.45, 7) is 0.320. The van der Waals surface area contributed by atoms with Gasteiger partial charge in [-0.25, -0.2) is 9.37 Å². The fourth-order valence-corrected chi connectivity index (χ4v) is 3.34. The molecule has 3 rings (SSSR count). The van der Waals surface area contributed by atoms with Gasteiger partial charge in [-0.3, -0.25) is 4.68 Å². The summed E-state index contributed by atoms with van der Waals surface area (Å²) in [6, 6.07) is 16.6. The Morgan fingerprint density at radius 3 is 2.72 bits per heavy atom. The predicted octanol–water partition coefficient (Wildman–Crippen LogP) is 4.27. The maximum Gasteiger partial charge on any atom is 0.137 e. The molecular formula is C19H16BrFN4. The number of rotatable bonds is 6. The van der Waals surface area contributed by atoms with Crippen LogP contribution < -0.4 is 0 Å². The van der Waals surface area contributed by atoms with E-state index in [9.17, 15) is 9.65 Å². The third-order valence-corrected chi connectivity index (χ3v) is 4.71. The first-order valence-electron chi connectivity index (χ1n) is 7.85. The molecule has 1 heterocycles. The zero-order valence-corrected chi connectivity index (χ0v) is 15.0. The molecule has 3 aromatic rings. The normalized spacial score (nSPS) is 13.2. The van der Waals surface area contributed by atoms with Gasteiger partial charge in [-0.2, -0.15) is 10.4 Å². The van der Waals surface area contributed by atoms with Gasteiger partial charge in [-0.1, -0.05) is 40.2 Å². The summed E-state index contributed by atoms with van der Waals surface area (Å²) < 4.78 is 16.4. The van der Waals surface area contributed by atoms with Gasteiger partial charge in [0, 0.05) is 4.47 Å². The molecule has 0 radical (unpaired) electrons. The van der Waals surface area contributed by atoms with E-state index in [1.54, 1.807) is 23.1 Å². The fourth-order valence-electron chi connectivity index (χ4n) is 2.90. The van der Waals surface area contributed by atoms with Crippen molar-refractivity contribution in [2.75, 3.05) is 0 Å². The molecule has 2 aromatic carbocycles. The van der Waals surface area contributed by atoms with E-state index in [1.165, 1.54) is 18.5 Å². The third kappa shape index (κ3) is 4.12. The molecule has 0 aliphatic rings. The zero-order chi connectivity index (χ0) is 17.7. The molecule has 0 aliphatic heterocycles. The van der Waals surface area contributed by atoms with Gasteiger partial charge in [0.1, 0.15) is 23.9 Å². The van der Waals surface area contributed by atoms with Crippen LogP contribution in [0, 0.1) is 17.1 Å². The van der Waals surface area contributed by atoms with E-state index in [0.29, 0.717) is 24.9 Å². The summed E-state index contributed by atoms with van der Waals surface area (Å²) >= 11 is 3.47. The number of aromatic nitrogens is 3. The molecule has 1 unspecified atom stereocenters. The second kappa shape index (κ2) is 7.58. The van der Waals surface area contributed by atoms with Crippen molar-refractivity contribution in [1.82, 2.24) is 14.8 Å². The summed E-state index contributed by atoms with van der Waals surface area (Å²) in [6.07, 6.45) is 4.24. The Hall–Kier alpha value is -2.52. The minimum Gasteiger partial charge on any atom is -0.251 e. The maximum absolute atomic E-state index is 13.8. The second-order valence-corrected chi connectivity index (χ2v) is 6.84. The molecule has 0 fully saturated rings. The number of halogens is 2. The highest BCUT2D eigenvalue weighted by atomic mass is 79.9. The summed E-state index contributed by atoms with van der Waals surface area (Å²) in [5.74, 6) is -0.349. The quantitative estimate of drug-likeness (QED) is 0.622. The Kier molecular flexibility index (Phi) is 5.25. The lowest BCUT2D eigenvalue weighted by Crippen LogP contribution is -2.31. The standard InChI is InChI=1S/C19H16BrFN4/c20-17-5-1-3-15(9-17)7-8-19(11-22,12-25-14-23-13-24-25)16-4-2-6-18(21)10-16/h1-6,9-10,13-14H,7-8,12H2. The lowest BCUT2D eigenvalue weighted by atomic mass is 9.77. The molecule has 0 spiro atoms. The van der Waals surface area contributed by atoms with Gasteiger partial charge in [0.2, 0.25) is 0 Å². The molecule has 0 aliphatic carbocycles. The Bertz CT molecular complexity index is 888. The van der Waals surface area contributed by atoms with E-state index < -0.39 is 5.41 Å². The molecule has 4 nitrogen and oxygen atoms in total. The lowest BCUT2D eigenvalue weighted by Gasteiger charge is -2.27. The van der Waals surface area contributed by atoms with Crippen LogP contribution in [0.25, 0.3) is 0 Å². The van der Waals surface area contributed by atoms with Crippen LogP contribution in [0.5, 0.6) is 0 Å². The highest BCUT2D eigenvalue weighted by Crippen LogP contribution is 2.32. The van der Waals surface area contributed by atoms with Crippen molar-refractivity contribution < 1.29 is 4.39 Å². The van der Waals surface area contributed by atoms with Crippen molar-refractivity contribution in [3.05, 3.63) is 82.6 Å². The molecular weight excluding hydrogens is 383 g/mol. The van der Waals surface area contributed by atoms with E-state index in [4.69, 9.17) is 0 Å². The highest BCUT2D eigenvalue weighted by molar-refractivity contribution is 9.10. The molecule has 0 bridgehead atoms. The second-order valence-electron chi connectivity index (χ2n) is 5.93. The van der Waals surface area contributed by atoms with Gasteiger partial charge in [0.15, 0.2) is 0 Å². The van der Waals surface area contributed by atoms with Crippen molar-refractivity contribution >= 4 is 15.9 Å². The molecule has 126 valence electrons. The summed E-state index contributed by atoms with van der Waals surface area (Å²) in [7, 11) is 0. The molecule has 0 N–H and O–H groups in total. The number of benzene rings is 2. The molecule has 25 heavy (non-hydrogen) atoms. The van der Waals surface area contributed by atoms with Crippen molar-refractivity contribution in [1.29, 1.82) is 5.26 Å². The number of aryl methyl sites for hydroxylation is 1. The van der Waals surface area contributed by atoms with Crippen molar-refractivity contribution in [3.63, 3.8) is 0 Å². The largest absolute Gasteiger partial charge is 0.251 e. The van der Waals surface area contributed by atoms with Crippen LogP contribution in [-0.4, -0.2) is 14.8 Å². The van der Waals surface area contributed by atoms with E-state index in [1.807, 2.05) is 24.3 Å². The molecule has 0 saturated carbocycles. The monoisotopic (exact) mass is 398 g/mol. The smallest absolute Gasteiger partial charge is 0.137 e. The van der Waals surface area contributed by atoms with E-state index >= 15 is 0 Å². The van der Waals surface area contributed by atoms with Crippen LogP contribution in [0.1, 0.15) is 17.5 Å². The third-order valence-electron chi connectivity index (χ3n) is 4.22. The van der Waals surface area contributed by atoms with E-state index in [2.05, 4.69) is 32.1 Å². The number of hydrogen-bond donors (Lipinski definition) is 0. The van der Waals surface area contributed by atoms with E-state index in [0.717, 1.165) is 10.0 Å². The molecule has 1 aromatic heterocycles. The van der Waals surface area contributed by atoms with Gasteiger partial charge in [0.25, 0.3) is 0 Å². The summed E-state index contributed by atoms with van der Waals surface area (Å²) in [4.78, 5) is 3.94. The average Bonchev–Trinajstić information content (AvgIpc) is 3.12. The topological polar surface area (TPSA) is 54.5 Å². The minimum atomic E-state index is -0.891. The minimum absolute atomic E-state index is 0.320. The predicted molar refractivity (Wildman–Crippen MR) is 96.2 cm³/mol. The molecule has 0 saturated heterocycles. The van der Waals surface area contributed by atoms with Gasteiger partial charge in [-0.05, 0) is 48.2 Å². The Morgan fingerprint density at radius 1 is 1.20 bits per heavy atom. The van der Waals surface area contributed by atoms with Gasteiger partial charge in [0.05, 0.1) is 12.6 Å². The first kappa shape index (κ1) is 17.3. The highest BCUT2D eigenvalue weighted by Gasteiger charge is 2.33. The molecule has 1 atom stereocenters. The summed E-state index contributed by atoms with van der Waals surface area (Å²) in [5.41, 5.74) is 0.877. The molecule has 6 heteroatoms. The van der Waals surface area contributed by atoms with Gasteiger partial charge in [-0.15, -0.1) is 0 Å². The van der Waals surface area contributed by atoms with Gasteiger partial charge < -0.3 is 0 Å². The summed E-state index contributed by atoms with van der Waals surface area (Å²) in [5, 5.41) is 14.1. The van der Waals surface area contributed by atoms with Crippen LogP contribution in [0.3, 0.4) is 0 Å². The van der Waals surface area contributed by atoms with Crippen molar-refractivity contribution in [3.8, 4) is 6.07 Å². The number of hydrogen-bond acceptors (Lipinski definition) is 3. The van der Waals surface area contributed by atoms with Crippen LogP contribution in [0.4, 0.5) is 4.39 Å². The Labute approximate surface area is 154 Å². The first-order chi connectivity index (χ1) is 12.1. The SMILES string of the molecule is N#CC(CCc1cccc(Br)c1)(Cn1cncn1)c1cccc(F)c1. The van der Waals surface area contributed by atoms with Crippen LogP contribution in [0.2, 0.25) is 0 Å². The number of nitrogens with zero attached hydrogens (tertiary/aromatic N) is 4.